The molecule has 2 fully saturated rings. The van der Waals surface area contributed by atoms with Gasteiger partial charge in [-0.1, -0.05) is 6.07 Å². The quantitative estimate of drug-likeness (QED) is 0.799. The second-order valence-electron chi connectivity index (χ2n) is 5.62. The number of pyridine rings is 1. The Bertz CT molecular complexity index is 482. The minimum atomic E-state index is 0.162. The predicted octanol–water partition coefficient (Wildman–Crippen LogP) is 0.650. The number of urea groups is 1. The number of fused-ring (bicyclic) bond motifs is 1. The summed E-state index contributed by atoms with van der Waals surface area (Å²) in [7, 11) is 1.67. The van der Waals surface area contributed by atoms with Crippen LogP contribution in [0, 0.1) is 0 Å². The van der Waals surface area contributed by atoms with Crippen molar-refractivity contribution in [3.8, 4) is 0 Å². The Morgan fingerprint density at radius 1 is 1.33 bits per heavy atom. The van der Waals surface area contributed by atoms with Crippen LogP contribution < -0.4 is 0 Å². The van der Waals surface area contributed by atoms with E-state index in [4.69, 9.17) is 4.74 Å². The average molecular weight is 290 g/mol. The molecule has 114 valence electrons. The van der Waals surface area contributed by atoms with Gasteiger partial charge in [-0.25, -0.2) is 4.79 Å². The Hall–Kier alpha value is -1.66. The SMILES string of the molecule is COCCN1CC2CN(Cc3ccccn3)CCN2C1=O. The zero-order chi connectivity index (χ0) is 14.7. The summed E-state index contributed by atoms with van der Waals surface area (Å²) in [5.41, 5.74) is 1.09. The van der Waals surface area contributed by atoms with Gasteiger partial charge in [-0.15, -0.1) is 0 Å². The van der Waals surface area contributed by atoms with Crippen LogP contribution in [0.2, 0.25) is 0 Å². The maximum atomic E-state index is 12.3. The van der Waals surface area contributed by atoms with E-state index in [0.717, 1.165) is 38.4 Å². The van der Waals surface area contributed by atoms with Gasteiger partial charge >= 0.3 is 6.03 Å². The van der Waals surface area contributed by atoms with E-state index in [9.17, 15) is 4.79 Å². The number of aromatic nitrogens is 1. The van der Waals surface area contributed by atoms with Crippen molar-refractivity contribution in [2.75, 3.05) is 46.4 Å². The molecule has 2 aliphatic rings. The van der Waals surface area contributed by atoms with E-state index in [2.05, 4.69) is 16.0 Å². The molecule has 0 N–H and O–H groups in total. The number of hydrogen-bond acceptors (Lipinski definition) is 4. The molecule has 0 aromatic carbocycles. The number of methoxy groups -OCH3 is 1. The van der Waals surface area contributed by atoms with E-state index in [1.165, 1.54) is 0 Å². The number of amides is 2. The molecule has 1 unspecified atom stereocenters. The van der Waals surface area contributed by atoms with Crippen LogP contribution in [0.5, 0.6) is 0 Å². The minimum Gasteiger partial charge on any atom is -0.383 e. The third kappa shape index (κ3) is 3.16. The predicted molar refractivity (Wildman–Crippen MR) is 78.9 cm³/mol. The van der Waals surface area contributed by atoms with E-state index < -0.39 is 0 Å². The zero-order valence-corrected chi connectivity index (χ0v) is 12.4. The van der Waals surface area contributed by atoms with Gasteiger partial charge in [0.05, 0.1) is 18.3 Å². The summed E-state index contributed by atoms with van der Waals surface area (Å²) in [5, 5.41) is 0. The molecule has 6 heteroatoms. The molecule has 6 nitrogen and oxygen atoms in total. The Labute approximate surface area is 125 Å². The van der Waals surface area contributed by atoms with E-state index in [1.54, 1.807) is 7.11 Å². The van der Waals surface area contributed by atoms with Crippen molar-refractivity contribution in [2.24, 2.45) is 0 Å². The average Bonchev–Trinajstić information content (AvgIpc) is 2.82. The van der Waals surface area contributed by atoms with Gasteiger partial charge < -0.3 is 14.5 Å². The van der Waals surface area contributed by atoms with Crippen LogP contribution in [0.25, 0.3) is 0 Å². The van der Waals surface area contributed by atoms with Gasteiger partial charge in [-0.05, 0) is 12.1 Å². The fraction of sp³-hybridized carbons (Fsp3) is 0.600. The van der Waals surface area contributed by atoms with Crippen LogP contribution in [0.4, 0.5) is 4.79 Å². The van der Waals surface area contributed by atoms with Gasteiger partial charge in [0, 0.05) is 52.6 Å². The monoisotopic (exact) mass is 290 g/mol. The Morgan fingerprint density at radius 3 is 3.00 bits per heavy atom. The van der Waals surface area contributed by atoms with Gasteiger partial charge in [0.2, 0.25) is 0 Å². The highest BCUT2D eigenvalue weighted by Crippen LogP contribution is 2.21. The summed E-state index contributed by atoms with van der Waals surface area (Å²) in [6.45, 7) is 5.59. The number of hydrogen-bond donors (Lipinski definition) is 0. The molecule has 1 atom stereocenters. The van der Waals surface area contributed by atoms with Crippen LogP contribution in [0.1, 0.15) is 5.69 Å². The molecule has 0 bridgehead atoms. The number of piperazine rings is 1. The first-order chi connectivity index (χ1) is 10.3. The van der Waals surface area contributed by atoms with E-state index in [0.29, 0.717) is 19.2 Å². The van der Waals surface area contributed by atoms with Gasteiger partial charge in [0.25, 0.3) is 0 Å². The number of ether oxygens (including phenoxy) is 1. The lowest BCUT2D eigenvalue weighted by Crippen LogP contribution is -2.51. The summed E-state index contributed by atoms with van der Waals surface area (Å²) in [5.74, 6) is 0. The first kappa shape index (κ1) is 14.3. The highest BCUT2D eigenvalue weighted by atomic mass is 16.5. The normalized spacial score (nSPS) is 22.7. The first-order valence-corrected chi connectivity index (χ1v) is 7.44. The van der Waals surface area contributed by atoms with Gasteiger partial charge in [0.15, 0.2) is 0 Å². The maximum absolute atomic E-state index is 12.3. The molecule has 0 spiro atoms. The minimum absolute atomic E-state index is 0.162. The number of carbonyl (C=O) groups is 1. The lowest BCUT2D eigenvalue weighted by Gasteiger charge is -2.36. The molecule has 2 amide bonds. The Kier molecular flexibility index (Phi) is 4.36. The fourth-order valence-corrected chi connectivity index (χ4v) is 3.09. The molecule has 21 heavy (non-hydrogen) atoms. The standard InChI is InChI=1S/C15H22N4O2/c1-21-9-8-18-12-14-11-17(6-7-19(14)15(18)20)10-13-4-2-3-5-16-13/h2-5,14H,6-12H2,1H3. The Morgan fingerprint density at radius 2 is 2.24 bits per heavy atom. The van der Waals surface area contributed by atoms with E-state index in [1.807, 2.05) is 28.1 Å². The molecule has 2 saturated heterocycles. The Balaban J connectivity index is 1.57. The molecule has 0 radical (unpaired) electrons. The third-order valence-electron chi connectivity index (χ3n) is 4.19. The lowest BCUT2D eigenvalue weighted by molar-refractivity contribution is 0.115. The van der Waals surface area contributed by atoms with Crippen LogP contribution in [-0.2, 0) is 11.3 Å². The maximum Gasteiger partial charge on any atom is 0.320 e. The summed E-state index contributed by atoms with van der Waals surface area (Å²) >= 11 is 0. The molecule has 1 aromatic heterocycles. The zero-order valence-electron chi connectivity index (χ0n) is 12.4. The first-order valence-electron chi connectivity index (χ1n) is 7.44. The second kappa shape index (κ2) is 6.41. The summed E-state index contributed by atoms with van der Waals surface area (Å²) < 4.78 is 5.07. The third-order valence-corrected chi connectivity index (χ3v) is 4.19. The van der Waals surface area contributed by atoms with Crippen LogP contribution in [0.3, 0.4) is 0 Å². The van der Waals surface area contributed by atoms with Gasteiger partial charge in [-0.3, -0.25) is 9.88 Å². The molecule has 0 saturated carbocycles. The molecular weight excluding hydrogens is 268 g/mol. The largest absolute Gasteiger partial charge is 0.383 e. The summed E-state index contributed by atoms with van der Waals surface area (Å²) in [6.07, 6.45) is 1.83. The smallest absolute Gasteiger partial charge is 0.320 e. The van der Waals surface area contributed by atoms with Crippen LogP contribution in [-0.4, -0.2) is 78.2 Å². The molecule has 0 aliphatic carbocycles. The molecular formula is C15H22N4O2. The van der Waals surface area contributed by atoms with Crippen molar-refractivity contribution in [1.82, 2.24) is 19.7 Å². The highest BCUT2D eigenvalue weighted by Gasteiger charge is 2.40. The molecule has 3 heterocycles. The fourth-order valence-electron chi connectivity index (χ4n) is 3.09. The molecule has 1 aromatic rings. The van der Waals surface area contributed by atoms with Crippen LogP contribution >= 0.6 is 0 Å². The van der Waals surface area contributed by atoms with Gasteiger partial charge in [0.1, 0.15) is 0 Å². The van der Waals surface area contributed by atoms with Gasteiger partial charge in [-0.2, -0.15) is 0 Å². The van der Waals surface area contributed by atoms with Crippen molar-refractivity contribution in [2.45, 2.75) is 12.6 Å². The topological polar surface area (TPSA) is 48.9 Å². The number of carbonyl (C=O) groups excluding carboxylic acids is 1. The number of nitrogens with zero attached hydrogens (tertiary/aromatic N) is 4. The molecule has 3 rings (SSSR count). The second-order valence-corrected chi connectivity index (χ2v) is 5.62. The van der Waals surface area contributed by atoms with Crippen molar-refractivity contribution in [1.29, 1.82) is 0 Å². The van der Waals surface area contributed by atoms with Crippen molar-refractivity contribution in [3.05, 3.63) is 30.1 Å². The lowest BCUT2D eigenvalue weighted by atomic mass is 10.2. The summed E-state index contributed by atoms with van der Waals surface area (Å²) in [4.78, 5) is 22.9. The van der Waals surface area contributed by atoms with Crippen molar-refractivity contribution < 1.29 is 9.53 Å². The van der Waals surface area contributed by atoms with Crippen molar-refractivity contribution in [3.63, 3.8) is 0 Å². The van der Waals surface area contributed by atoms with E-state index in [-0.39, 0.29) is 6.03 Å². The molecule has 2 aliphatic heterocycles. The van der Waals surface area contributed by atoms with Crippen molar-refractivity contribution >= 4 is 6.03 Å². The van der Waals surface area contributed by atoms with E-state index >= 15 is 0 Å². The summed E-state index contributed by atoms with van der Waals surface area (Å²) in [6, 6.07) is 6.47. The highest BCUT2D eigenvalue weighted by molar-refractivity contribution is 5.77. The van der Waals surface area contributed by atoms with Crippen LogP contribution in [0.15, 0.2) is 24.4 Å². The number of rotatable bonds is 5.